The first-order chi connectivity index (χ1) is 21.8. The predicted molar refractivity (Wildman–Crippen MR) is 176 cm³/mol. The minimum Gasteiger partial charge on any atom is -0.473 e. The minimum absolute atomic E-state index is 0.160. The number of piperidine rings is 1. The molecule has 11 nitrogen and oxygen atoms in total. The number of aliphatic carboxylic acids is 2. The second-order valence-corrected chi connectivity index (χ2v) is 13.6. The van der Waals surface area contributed by atoms with E-state index in [1.165, 1.54) is 16.8 Å². The van der Waals surface area contributed by atoms with Crippen molar-refractivity contribution in [3.8, 4) is 11.3 Å². The summed E-state index contributed by atoms with van der Waals surface area (Å²) < 4.78 is 14.6. The lowest BCUT2D eigenvalue weighted by Gasteiger charge is -2.32. The summed E-state index contributed by atoms with van der Waals surface area (Å²) >= 11 is 1.71. The molecule has 0 saturated carbocycles. The summed E-state index contributed by atoms with van der Waals surface area (Å²) in [5.74, 6) is -1.86. The van der Waals surface area contributed by atoms with Gasteiger partial charge in [-0.2, -0.15) is 0 Å². The van der Waals surface area contributed by atoms with Crippen LogP contribution < -0.4 is 5.32 Å². The van der Waals surface area contributed by atoms with Crippen LogP contribution in [0.5, 0.6) is 0 Å². The van der Waals surface area contributed by atoms with Crippen molar-refractivity contribution in [1.82, 2.24) is 19.8 Å². The summed E-state index contributed by atoms with van der Waals surface area (Å²) in [6.45, 7) is 11.4. The van der Waals surface area contributed by atoms with Gasteiger partial charge >= 0.3 is 18.0 Å². The van der Waals surface area contributed by atoms with E-state index in [1.807, 2.05) is 20.8 Å². The van der Waals surface area contributed by atoms with E-state index in [1.54, 1.807) is 11.8 Å². The van der Waals surface area contributed by atoms with Gasteiger partial charge < -0.3 is 34.5 Å². The van der Waals surface area contributed by atoms with Gasteiger partial charge in [-0.05, 0) is 77.3 Å². The van der Waals surface area contributed by atoms with Crippen molar-refractivity contribution < 1.29 is 34.1 Å². The number of ether oxygens (including phenoxy) is 2. The van der Waals surface area contributed by atoms with Gasteiger partial charge in [0.1, 0.15) is 17.5 Å². The molecule has 12 heteroatoms. The summed E-state index contributed by atoms with van der Waals surface area (Å²) in [5.41, 5.74) is 5.44. The number of imidazole rings is 1. The Balaban J connectivity index is 0.000000731. The normalized spacial score (nSPS) is 16.7. The van der Waals surface area contributed by atoms with Crippen LogP contribution in [0.1, 0.15) is 62.4 Å². The van der Waals surface area contributed by atoms with Crippen LogP contribution in [0, 0.1) is 6.92 Å². The molecule has 1 amide bonds. The number of benzene rings is 2. The molecule has 46 heavy (non-hydrogen) atoms. The molecule has 0 bridgehead atoms. The Morgan fingerprint density at radius 1 is 1.00 bits per heavy atom. The highest BCUT2D eigenvalue weighted by Gasteiger charge is 2.32. The Hall–Kier alpha value is -3.87. The molecule has 0 aliphatic carbocycles. The van der Waals surface area contributed by atoms with Crippen LogP contribution in [-0.2, 0) is 32.0 Å². The maximum absolute atomic E-state index is 11.9. The maximum atomic E-state index is 11.9. The zero-order valence-electron chi connectivity index (χ0n) is 27.1. The van der Waals surface area contributed by atoms with E-state index in [0.29, 0.717) is 6.54 Å². The lowest BCUT2D eigenvalue weighted by atomic mass is 10.00. The third-order valence-electron chi connectivity index (χ3n) is 7.77. The first kappa shape index (κ1) is 35.0. The van der Waals surface area contributed by atoms with Crippen LogP contribution in [0.4, 0.5) is 4.79 Å². The number of carbonyl (C=O) groups excluding carboxylic acids is 1. The molecule has 3 aromatic rings. The summed E-state index contributed by atoms with van der Waals surface area (Å²) in [7, 11) is 2.18. The van der Waals surface area contributed by atoms with Gasteiger partial charge in [-0.15, -0.1) is 11.8 Å². The number of carbonyl (C=O) groups is 3. The highest BCUT2D eigenvalue weighted by Crippen LogP contribution is 2.37. The Kier molecular flexibility index (Phi) is 11.9. The maximum Gasteiger partial charge on any atom is 0.414 e. The molecular formula is C34H44N4O7S. The van der Waals surface area contributed by atoms with Crippen LogP contribution in [-0.4, -0.2) is 86.8 Å². The monoisotopic (exact) mass is 652 g/mol. The lowest BCUT2D eigenvalue weighted by molar-refractivity contribution is -0.159. The first-order valence-electron chi connectivity index (χ1n) is 15.5. The zero-order valence-corrected chi connectivity index (χ0v) is 27.9. The molecule has 0 radical (unpaired) electrons. The number of rotatable bonds is 7. The Labute approximate surface area is 274 Å². The number of nitrogens with one attached hydrogen (secondary N) is 1. The Bertz CT molecular complexity index is 1500. The second kappa shape index (κ2) is 15.6. The molecule has 3 heterocycles. The molecule has 1 fully saturated rings. The molecular weight excluding hydrogens is 608 g/mol. The van der Waals surface area contributed by atoms with Gasteiger partial charge in [0.2, 0.25) is 0 Å². The highest BCUT2D eigenvalue weighted by atomic mass is 32.2. The molecule has 2 aliphatic rings. The van der Waals surface area contributed by atoms with Crippen LogP contribution in [0.25, 0.3) is 11.3 Å². The molecule has 1 unspecified atom stereocenters. The molecule has 248 valence electrons. The number of hydrogen-bond acceptors (Lipinski definition) is 8. The number of nitrogens with zero attached hydrogens (tertiary/aromatic N) is 3. The van der Waals surface area contributed by atoms with Crippen molar-refractivity contribution in [3.63, 3.8) is 0 Å². The molecule has 0 spiro atoms. The van der Waals surface area contributed by atoms with Gasteiger partial charge in [-0.3, -0.25) is 0 Å². The van der Waals surface area contributed by atoms with Crippen molar-refractivity contribution in [2.45, 2.75) is 76.2 Å². The zero-order chi connectivity index (χ0) is 33.4. The van der Waals surface area contributed by atoms with Gasteiger partial charge in [0, 0.05) is 48.1 Å². The number of fused-ring (bicyclic) bond motifs is 2. The number of amides is 1. The highest BCUT2D eigenvalue weighted by molar-refractivity contribution is 7.99. The number of likely N-dealkylation sites (tertiary alicyclic amines) is 1. The molecule has 1 saturated heterocycles. The van der Waals surface area contributed by atoms with Gasteiger partial charge in [0.15, 0.2) is 0 Å². The van der Waals surface area contributed by atoms with Crippen LogP contribution in [0.2, 0.25) is 0 Å². The molecule has 3 N–H and O–H groups in total. The number of aryl methyl sites for hydroxylation is 1. The van der Waals surface area contributed by atoms with Gasteiger partial charge in [0.25, 0.3) is 0 Å². The molecule has 1 atom stereocenters. The summed E-state index contributed by atoms with van der Waals surface area (Å²) in [5, 5.41) is 17.6. The van der Waals surface area contributed by atoms with Crippen LogP contribution in [0.3, 0.4) is 0 Å². The fourth-order valence-corrected chi connectivity index (χ4v) is 6.26. The second-order valence-electron chi connectivity index (χ2n) is 12.4. The van der Waals surface area contributed by atoms with Crippen LogP contribution >= 0.6 is 11.8 Å². The van der Waals surface area contributed by atoms with E-state index in [9.17, 15) is 4.79 Å². The van der Waals surface area contributed by atoms with Crippen molar-refractivity contribution >= 4 is 29.8 Å². The summed E-state index contributed by atoms with van der Waals surface area (Å²) in [4.78, 5) is 38.9. The van der Waals surface area contributed by atoms with E-state index in [2.05, 4.69) is 77.3 Å². The molecule has 2 aliphatic heterocycles. The van der Waals surface area contributed by atoms with Crippen molar-refractivity contribution in [2.75, 3.05) is 32.4 Å². The van der Waals surface area contributed by atoms with Gasteiger partial charge in [-0.25, -0.2) is 19.4 Å². The Morgan fingerprint density at radius 3 is 2.28 bits per heavy atom. The molecule has 2 aromatic carbocycles. The SMILES string of the molecule is Cc1c(-c2ccc(SCCNC(=O)OC(C)(C)C)cc2)nc2n1CCc1ccccc1C2OC1CCN(C)CC1.O=C(O)C(=O)O. The first-order valence-corrected chi connectivity index (χ1v) is 16.5. The summed E-state index contributed by atoms with van der Waals surface area (Å²) in [6, 6.07) is 17.3. The van der Waals surface area contributed by atoms with Gasteiger partial charge in [-0.1, -0.05) is 36.4 Å². The number of aromatic nitrogens is 2. The summed E-state index contributed by atoms with van der Waals surface area (Å²) in [6.07, 6.45) is 2.77. The largest absolute Gasteiger partial charge is 0.473 e. The lowest BCUT2D eigenvalue weighted by Crippen LogP contribution is -2.35. The van der Waals surface area contributed by atoms with E-state index in [-0.39, 0.29) is 18.3 Å². The van der Waals surface area contributed by atoms with Gasteiger partial charge in [0.05, 0.1) is 11.8 Å². The fraction of sp³-hybridized carbons (Fsp3) is 0.471. The van der Waals surface area contributed by atoms with Crippen LogP contribution in [0.15, 0.2) is 53.4 Å². The van der Waals surface area contributed by atoms with E-state index < -0.39 is 17.5 Å². The number of thioether (sulfide) groups is 1. The van der Waals surface area contributed by atoms with Crippen molar-refractivity contribution in [3.05, 3.63) is 71.2 Å². The average Bonchev–Trinajstić information content (AvgIpc) is 3.24. The number of hydrogen-bond donors (Lipinski definition) is 3. The van der Waals surface area contributed by atoms with E-state index >= 15 is 0 Å². The standard InChI is InChI=1S/C32H42N4O3S.C2H2O4/c1-22-28(24-10-12-26(13-11-24)40-21-17-33-31(37)39-32(2,3)4)34-30-29(38-25-15-18-35(5)19-16-25)27-9-7-6-8-23(27)14-20-36(22)30;3-1(4)2(5)6/h6-13,25,29H,14-21H2,1-5H3,(H,33,37);(H,3,4)(H,5,6). The third kappa shape index (κ3) is 9.57. The predicted octanol–water partition coefficient (Wildman–Crippen LogP) is 5.39. The average molecular weight is 653 g/mol. The number of alkyl carbamates (subject to hydrolysis) is 1. The Morgan fingerprint density at radius 2 is 1.65 bits per heavy atom. The quantitative estimate of drug-likeness (QED) is 0.173. The topological polar surface area (TPSA) is 143 Å². The molecule has 5 rings (SSSR count). The number of carboxylic acids is 2. The number of carboxylic acid groups (broad SMARTS) is 2. The molecule has 1 aromatic heterocycles. The van der Waals surface area contributed by atoms with Crippen molar-refractivity contribution in [2.24, 2.45) is 0 Å². The van der Waals surface area contributed by atoms with E-state index in [0.717, 1.165) is 66.6 Å². The van der Waals surface area contributed by atoms with E-state index in [4.69, 9.17) is 34.3 Å². The van der Waals surface area contributed by atoms with Crippen molar-refractivity contribution in [1.29, 1.82) is 0 Å². The smallest absolute Gasteiger partial charge is 0.414 e. The fourth-order valence-electron chi connectivity index (χ4n) is 5.49. The minimum atomic E-state index is -1.82. The third-order valence-corrected chi connectivity index (χ3v) is 8.78.